The van der Waals surface area contributed by atoms with Crippen molar-refractivity contribution in [3.63, 3.8) is 0 Å². The monoisotopic (exact) mass is 565 g/mol. The van der Waals surface area contributed by atoms with Gasteiger partial charge >= 0.3 is 0 Å². The number of para-hydroxylation sites is 1. The van der Waals surface area contributed by atoms with Gasteiger partial charge in [0.25, 0.3) is 0 Å². The molecular weight excluding hydrogens is 533 g/mol. The molecule has 9 nitrogen and oxygen atoms in total. The molecule has 3 aromatic carbocycles. The van der Waals surface area contributed by atoms with Crippen molar-refractivity contribution in [3.05, 3.63) is 65.0 Å². The average Bonchev–Trinajstić information content (AvgIpc) is 3.67. The van der Waals surface area contributed by atoms with Crippen LogP contribution in [-0.2, 0) is 10.2 Å². The van der Waals surface area contributed by atoms with Gasteiger partial charge in [-0.25, -0.2) is 4.39 Å². The van der Waals surface area contributed by atoms with Crippen LogP contribution in [0.15, 0.2) is 42.5 Å². The molecule has 3 aromatic rings. The molecule has 10 heteroatoms. The lowest BCUT2D eigenvalue weighted by Crippen LogP contribution is -2.38. The molecule has 0 radical (unpaired) electrons. The van der Waals surface area contributed by atoms with Crippen LogP contribution in [0.1, 0.15) is 50.3 Å². The third-order valence-corrected chi connectivity index (χ3v) is 7.38. The molecule has 3 aliphatic heterocycles. The van der Waals surface area contributed by atoms with E-state index >= 15 is 4.39 Å². The molecule has 0 fully saturated rings. The van der Waals surface area contributed by atoms with Crippen molar-refractivity contribution in [2.45, 2.75) is 45.1 Å². The zero-order valence-corrected chi connectivity index (χ0v) is 23.1. The molecular formula is C31H32FNO8. The summed E-state index contributed by atoms with van der Waals surface area (Å²) in [5.41, 5.74) is -0.438. The number of nitrogens with one attached hydrogen (secondary N) is 1. The summed E-state index contributed by atoms with van der Waals surface area (Å²) in [6.45, 7) is 6.34. The Morgan fingerprint density at radius 2 is 1.46 bits per heavy atom. The van der Waals surface area contributed by atoms with Gasteiger partial charge in [0.15, 0.2) is 23.0 Å². The molecule has 3 heterocycles. The maximum absolute atomic E-state index is 15.3. The van der Waals surface area contributed by atoms with E-state index in [9.17, 15) is 9.90 Å². The van der Waals surface area contributed by atoms with Gasteiger partial charge in [-0.15, -0.1) is 0 Å². The van der Waals surface area contributed by atoms with E-state index in [4.69, 9.17) is 28.4 Å². The molecule has 0 saturated heterocycles. The Hall–Kier alpha value is -4.18. The Morgan fingerprint density at radius 1 is 0.902 bits per heavy atom. The summed E-state index contributed by atoms with van der Waals surface area (Å²) in [6, 6.07) is 11.3. The minimum atomic E-state index is -1.66. The van der Waals surface area contributed by atoms with Gasteiger partial charge in [-0.3, -0.25) is 4.79 Å². The van der Waals surface area contributed by atoms with E-state index in [-0.39, 0.29) is 37.5 Å². The molecule has 3 aliphatic rings. The van der Waals surface area contributed by atoms with Gasteiger partial charge in [0.05, 0.1) is 18.4 Å². The lowest BCUT2D eigenvalue weighted by molar-refractivity contribution is -0.118. The number of fused-ring (bicyclic) bond motifs is 3. The largest absolute Gasteiger partial charge is 0.493 e. The number of carbonyl (C=O) groups excluding carboxylic acids is 1. The molecule has 0 bridgehead atoms. The maximum Gasteiger partial charge on any atom is 0.244 e. The smallest absolute Gasteiger partial charge is 0.244 e. The molecule has 2 atom stereocenters. The van der Waals surface area contributed by atoms with Crippen LogP contribution in [-0.4, -0.2) is 43.9 Å². The number of carbonyl (C=O) groups is 1. The van der Waals surface area contributed by atoms with Crippen molar-refractivity contribution in [1.29, 1.82) is 0 Å². The Kier molecular flexibility index (Phi) is 7.03. The summed E-state index contributed by atoms with van der Waals surface area (Å²) < 4.78 is 50.5. The third-order valence-electron chi connectivity index (χ3n) is 7.38. The molecule has 0 aromatic heterocycles. The molecule has 0 saturated carbocycles. The molecule has 1 amide bonds. The van der Waals surface area contributed by atoms with Gasteiger partial charge in [0, 0.05) is 28.8 Å². The molecule has 216 valence electrons. The Morgan fingerprint density at radius 3 is 2.02 bits per heavy atom. The predicted molar refractivity (Wildman–Crippen MR) is 147 cm³/mol. The van der Waals surface area contributed by atoms with Crippen molar-refractivity contribution in [2.75, 3.05) is 32.1 Å². The highest BCUT2D eigenvalue weighted by Gasteiger charge is 2.55. The molecule has 6 rings (SSSR count). The third kappa shape index (κ3) is 4.56. The second-order valence-corrected chi connectivity index (χ2v) is 10.7. The van der Waals surface area contributed by atoms with Crippen LogP contribution in [0, 0.1) is 11.7 Å². The van der Waals surface area contributed by atoms with E-state index in [1.54, 1.807) is 36.4 Å². The quantitative estimate of drug-likeness (QED) is 0.348. The molecule has 0 aliphatic carbocycles. The zero-order chi connectivity index (χ0) is 28.7. The molecule has 2 N–H and O–H groups in total. The number of hydrogen-bond acceptors (Lipinski definition) is 8. The van der Waals surface area contributed by atoms with Gasteiger partial charge in [-0.05, 0) is 30.5 Å². The van der Waals surface area contributed by atoms with Gasteiger partial charge in [-0.1, -0.05) is 39.3 Å². The lowest BCUT2D eigenvalue weighted by Gasteiger charge is -2.32. The van der Waals surface area contributed by atoms with Crippen LogP contribution in [0.5, 0.6) is 34.5 Å². The average molecular weight is 566 g/mol. The first-order chi connectivity index (χ1) is 19.8. The van der Waals surface area contributed by atoms with Crippen LogP contribution in [0.3, 0.4) is 0 Å². The van der Waals surface area contributed by atoms with Crippen LogP contribution in [0.25, 0.3) is 0 Å². The Labute approximate surface area is 237 Å². The molecule has 41 heavy (non-hydrogen) atoms. The highest BCUT2D eigenvalue weighted by Crippen LogP contribution is 2.57. The van der Waals surface area contributed by atoms with Crippen LogP contribution in [0.4, 0.5) is 10.1 Å². The number of hydrogen-bond donors (Lipinski definition) is 2. The van der Waals surface area contributed by atoms with Gasteiger partial charge in [-0.2, -0.15) is 0 Å². The van der Waals surface area contributed by atoms with Crippen LogP contribution >= 0.6 is 0 Å². The summed E-state index contributed by atoms with van der Waals surface area (Å²) in [5.74, 6) is 1.49. The normalized spacial score (nSPS) is 18.8. The summed E-state index contributed by atoms with van der Waals surface area (Å²) in [5, 5.41) is 13.3. The number of rotatable bonds is 10. The van der Waals surface area contributed by atoms with Gasteiger partial charge in [0.1, 0.15) is 29.3 Å². The second kappa shape index (κ2) is 10.7. The highest BCUT2D eigenvalue weighted by atomic mass is 19.1. The first-order valence-corrected chi connectivity index (χ1v) is 13.7. The summed E-state index contributed by atoms with van der Waals surface area (Å²) in [7, 11) is 0. The second-order valence-electron chi connectivity index (χ2n) is 10.7. The van der Waals surface area contributed by atoms with Crippen LogP contribution < -0.4 is 33.7 Å². The maximum atomic E-state index is 15.3. The van der Waals surface area contributed by atoms with Crippen molar-refractivity contribution in [1.82, 2.24) is 0 Å². The standard InChI is InChI=1S/C31H32FNO8/c1-4-6-18(34)14-37-24-12-28-26(39-16-41-28)10-21(24)31(19-7-5-8-22(32)29(19)33-30(31)35)20-9-25-27(40-15-38-25)11-23(20)36-13-17(2)3/h5,7-12,17-18,34H,4,6,13-16H2,1-3H3,(H,33,35)/t18-,31?/m1/s1. The van der Waals surface area contributed by atoms with E-state index in [0.717, 1.165) is 6.42 Å². The van der Waals surface area contributed by atoms with Crippen molar-refractivity contribution >= 4 is 11.6 Å². The number of benzene rings is 3. The Balaban J connectivity index is 1.64. The van der Waals surface area contributed by atoms with E-state index in [1.165, 1.54) is 6.07 Å². The number of aliphatic hydroxyl groups is 1. The van der Waals surface area contributed by atoms with E-state index < -0.39 is 23.2 Å². The van der Waals surface area contributed by atoms with E-state index in [0.29, 0.717) is 58.5 Å². The minimum Gasteiger partial charge on any atom is -0.493 e. The van der Waals surface area contributed by atoms with Gasteiger partial charge < -0.3 is 38.8 Å². The first kappa shape index (κ1) is 27.0. The van der Waals surface area contributed by atoms with Crippen LogP contribution in [0.2, 0.25) is 0 Å². The van der Waals surface area contributed by atoms with Crippen molar-refractivity contribution < 1.29 is 42.7 Å². The number of ether oxygens (including phenoxy) is 6. The highest BCUT2D eigenvalue weighted by molar-refractivity contribution is 6.12. The van der Waals surface area contributed by atoms with E-state index in [1.807, 2.05) is 20.8 Å². The van der Waals surface area contributed by atoms with E-state index in [2.05, 4.69) is 5.32 Å². The summed E-state index contributed by atoms with van der Waals surface area (Å²) >= 11 is 0. The number of anilines is 1. The molecule has 1 unspecified atom stereocenters. The zero-order valence-electron chi connectivity index (χ0n) is 23.1. The van der Waals surface area contributed by atoms with Crippen molar-refractivity contribution in [3.8, 4) is 34.5 Å². The number of halogens is 1. The fourth-order valence-electron chi connectivity index (χ4n) is 5.50. The first-order valence-electron chi connectivity index (χ1n) is 13.7. The number of aliphatic hydroxyl groups excluding tert-OH is 1. The van der Waals surface area contributed by atoms with Gasteiger partial charge in [0.2, 0.25) is 19.5 Å². The minimum absolute atomic E-state index is 0.00608. The fourth-order valence-corrected chi connectivity index (χ4v) is 5.50. The fraction of sp³-hybridized carbons (Fsp3) is 0.387. The topological polar surface area (TPSA) is 105 Å². The number of amides is 1. The summed E-state index contributed by atoms with van der Waals surface area (Å²) in [6.07, 6.45) is 0.576. The molecule has 0 spiro atoms. The summed E-state index contributed by atoms with van der Waals surface area (Å²) in [4.78, 5) is 14.4. The predicted octanol–water partition coefficient (Wildman–Crippen LogP) is 5.14. The Bertz CT molecular complexity index is 1490. The lowest BCUT2D eigenvalue weighted by atomic mass is 9.69. The SMILES string of the molecule is CCC[C@@H](O)COc1cc2c(cc1C1(c3cc4c(cc3OCC(C)C)OCO4)C(=O)Nc3c(F)cccc31)OCO2. The van der Waals surface area contributed by atoms with Crippen molar-refractivity contribution in [2.24, 2.45) is 5.92 Å².